The Balaban J connectivity index is 5.49. The average Bonchev–Trinajstić information content (AvgIpc) is 2.76. The maximum atomic E-state index is 12.7. The first-order valence-electron chi connectivity index (χ1n) is 10.4. The topological polar surface area (TPSA) is 321 Å². The van der Waals surface area contributed by atoms with E-state index in [9.17, 15) is 33.9 Å². The van der Waals surface area contributed by atoms with Crippen molar-refractivity contribution in [2.24, 2.45) is 33.7 Å². The smallest absolute Gasteiger partial charge is 0.326 e. The summed E-state index contributed by atoms with van der Waals surface area (Å²) >= 11 is 0. The number of nitrogens with two attached hydrogens (primary N) is 5. The predicted molar refractivity (Wildman–Crippen MR) is 121 cm³/mol. The maximum absolute atomic E-state index is 12.7. The summed E-state index contributed by atoms with van der Waals surface area (Å²) in [5.41, 5.74) is 26.0. The first-order valence-corrected chi connectivity index (χ1v) is 10.4. The quantitative estimate of drug-likeness (QED) is 0.0505. The number of aliphatic imine (C=N–C) groups is 1. The van der Waals surface area contributed by atoms with Crippen LogP contribution in [0.4, 0.5) is 0 Å². The van der Waals surface area contributed by atoms with Crippen LogP contribution in [0.3, 0.4) is 0 Å². The molecule has 0 aromatic heterocycles. The third-order valence-corrected chi connectivity index (χ3v) is 4.44. The third-order valence-electron chi connectivity index (χ3n) is 4.44. The summed E-state index contributed by atoms with van der Waals surface area (Å²) in [5.74, 6) is -6.35. The van der Waals surface area contributed by atoms with Gasteiger partial charge in [-0.3, -0.25) is 29.0 Å². The van der Waals surface area contributed by atoms with Gasteiger partial charge in [-0.1, -0.05) is 0 Å². The van der Waals surface area contributed by atoms with Gasteiger partial charge >= 0.3 is 5.97 Å². The van der Waals surface area contributed by atoms with E-state index in [0.717, 1.165) is 0 Å². The summed E-state index contributed by atoms with van der Waals surface area (Å²) in [6.07, 6.45) is -1.22. The number of aliphatic hydroxyl groups is 1. The largest absolute Gasteiger partial charge is 0.480 e. The van der Waals surface area contributed by atoms with Crippen LogP contribution in [-0.2, 0) is 28.8 Å². The molecule has 5 amide bonds. The number of guanidine groups is 1. The Hall–Kier alpha value is -3.99. The Labute approximate surface area is 200 Å². The van der Waals surface area contributed by atoms with E-state index in [-0.39, 0.29) is 38.2 Å². The van der Waals surface area contributed by atoms with Crippen LogP contribution in [0.25, 0.3) is 0 Å². The SMILES string of the molecule is NC(=O)CCC(NC(=O)C(N)CO)C(=O)NC(CC(N)=O)C(=O)NC(CCCN=C(N)N)C(=O)O. The number of amides is 5. The van der Waals surface area contributed by atoms with Crippen LogP contribution < -0.4 is 44.6 Å². The highest BCUT2D eigenvalue weighted by atomic mass is 16.4. The minimum Gasteiger partial charge on any atom is -0.480 e. The van der Waals surface area contributed by atoms with Gasteiger partial charge in [-0.25, -0.2) is 4.79 Å². The number of aliphatic hydroxyl groups excluding tert-OH is 1. The van der Waals surface area contributed by atoms with Gasteiger partial charge in [0.05, 0.1) is 13.0 Å². The number of carboxylic acid groups (broad SMARTS) is 1. The van der Waals surface area contributed by atoms with Crippen LogP contribution in [0.1, 0.15) is 32.1 Å². The zero-order valence-corrected chi connectivity index (χ0v) is 18.9. The van der Waals surface area contributed by atoms with Crippen LogP contribution in [0, 0.1) is 0 Å². The molecule has 0 fully saturated rings. The molecular formula is C18H33N9O8. The number of nitrogens with one attached hydrogen (secondary N) is 3. The number of rotatable bonds is 17. The molecule has 0 saturated heterocycles. The molecule has 17 nitrogen and oxygen atoms in total. The number of carboxylic acids is 1. The normalized spacial score (nSPS) is 13.9. The fourth-order valence-corrected chi connectivity index (χ4v) is 2.63. The molecule has 0 radical (unpaired) electrons. The number of primary amides is 2. The van der Waals surface area contributed by atoms with Crippen molar-refractivity contribution in [2.75, 3.05) is 13.2 Å². The molecule has 0 aliphatic rings. The summed E-state index contributed by atoms with van der Waals surface area (Å²) in [7, 11) is 0. The lowest BCUT2D eigenvalue weighted by Gasteiger charge is -2.24. The number of carbonyl (C=O) groups is 6. The van der Waals surface area contributed by atoms with Gasteiger partial charge in [0.25, 0.3) is 0 Å². The Morgan fingerprint density at radius 1 is 0.771 bits per heavy atom. The fraction of sp³-hybridized carbons (Fsp3) is 0.611. The van der Waals surface area contributed by atoms with Gasteiger partial charge in [0.15, 0.2) is 5.96 Å². The Morgan fingerprint density at radius 2 is 1.31 bits per heavy atom. The van der Waals surface area contributed by atoms with Gasteiger partial charge < -0.3 is 54.8 Å². The molecular weight excluding hydrogens is 470 g/mol. The molecule has 15 N–H and O–H groups in total. The van der Waals surface area contributed by atoms with E-state index in [4.69, 9.17) is 33.8 Å². The van der Waals surface area contributed by atoms with Gasteiger partial charge in [0.2, 0.25) is 29.5 Å². The molecule has 198 valence electrons. The van der Waals surface area contributed by atoms with Gasteiger partial charge in [0.1, 0.15) is 24.2 Å². The van der Waals surface area contributed by atoms with Gasteiger partial charge in [-0.15, -0.1) is 0 Å². The Morgan fingerprint density at radius 3 is 1.80 bits per heavy atom. The minimum atomic E-state index is -1.61. The van der Waals surface area contributed by atoms with Crippen LogP contribution in [-0.4, -0.2) is 89.0 Å². The molecule has 0 rings (SSSR count). The van der Waals surface area contributed by atoms with Crippen molar-refractivity contribution >= 4 is 41.5 Å². The second-order valence-corrected chi connectivity index (χ2v) is 7.44. The molecule has 35 heavy (non-hydrogen) atoms. The van der Waals surface area contributed by atoms with Crippen molar-refractivity contribution in [1.82, 2.24) is 16.0 Å². The highest BCUT2D eigenvalue weighted by molar-refractivity contribution is 5.96. The molecule has 0 spiro atoms. The number of aliphatic carboxylic acids is 1. The summed E-state index contributed by atoms with van der Waals surface area (Å²) in [4.78, 5) is 75.1. The van der Waals surface area contributed by atoms with Gasteiger partial charge in [0, 0.05) is 13.0 Å². The van der Waals surface area contributed by atoms with Crippen molar-refractivity contribution in [3.05, 3.63) is 0 Å². The van der Waals surface area contributed by atoms with Crippen molar-refractivity contribution in [2.45, 2.75) is 56.3 Å². The first kappa shape index (κ1) is 31.0. The highest BCUT2D eigenvalue weighted by Crippen LogP contribution is 2.04. The molecule has 0 saturated carbocycles. The Bertz CT molecular complexity index is 816. The van der Waals surface area contributed by atoms with Crippen LogP contribution in [0.5, 0.6) is 0 Å². The molecule has 4 atom stereocenters. The lowest BCUT2D eigenvalue weighted by Crippen LogP contribution is -2.58. The predicted octanol–water partition coefficient (Wildman–Crippen LogP) is -5.96. The maximum Gasteiger partial charge on any atom is 0.326 e. The zero-order valence-electron chi connectivity index (χ0n) is 18.9. The van der Waals surface area contributed by atoms with Crippen molar-refractivity contribution in [1.29, 1.82) is 0 Å². The van der Waals surface area contributed by atoms with E-state index in [2.05, 4.69) is 20.9 Å². The standard InChI is InChI=1S/C18H33N9O8/c19-8(7-28)14(31)25-9(3-4-12(20)29)15(32)27-11(6-13(21)30)16(33)26-10(17(34)35)2-1-5-24-18(22)23/h8-11,28H,1-7,19H2,(H2,20,29)(H2,21,30)(H,25,31)(H,26,33)(H,27,32)(H,34,35)(H4,22,23,24). The van der Waals surface area contributed by atoms with E-state index in [0.29, 0.717) is 0 Å². The lowest BCUT2D eigenvalue weighted by atomic mass is 10.1. The third kappa shape index (κ3) is 13.3. The number of nitrogens with zero attached hydrogens (tertiary/aromatic N) is 1. The fourth-order valence-electron chi connectivity index (χ4n) is 2.63. The highest BCUT2D eigenvalue weighted by Gasteiger charge is 2.31. The summed E-state index contributed by atoms with van der Waals surface area (Å²) in [6.45, 7) is -0.636. The minimum absolute atomic E-state index is 0.0779. The lowest BCUT2D eigenvalue weighted by molar-refractivity contribution is -0.142. The monoisotopic (exact) mass is 503 g/mol. The molecule has 0 aliphatic heterocycles. The van der Waals surface area contributed by atoms with Crippen molar-refractivity contribution in [3.8, 4) is 0 Å². The molecule has 0 aromatic carbocycles. The number of carbonyl (C=O) groups excluding carboxylic acids is 5. The number of hydrogen-bond donors (Lipinski definition) is 10. The van der Waals surface area contributed by atoms with E-state index >= 15 is 0 Å². The van der Waals surface area contributed by atoms with Gasteiger partial charge in [-0.05, 0) is 19.3 Å². The van der Waals surface area contributed by atoms with Crippen LogP contribution in [0.15, 0.2) is 4.99 Å². The van der Waals surface area contributed by atoms with E-state index < -0.39 is 72.7 Å². The molecule has 4 unspecified atom stereocenters. The van der Waals surface area contributed by atoms with E-state index in [1.165, 1.54) is 0 Å². The van der Waals surface area contributed by atoms with Gasteiger partial charge in [-0.2, -0.15) is 0 Å². The second-order valence-electron chi connectivity index (χ2n) is 7.44. The summed E-state index contributed by atoms with van der Waals surface area (Å²) < 4.78 is 0. The molecule has 0 aromatic rings. The van der Waals surface area contributed by atoms with Crippen LogP contribution >= 0.6 is 0 Å². The molecule has 0 bridgehead atoms. The first-order chi connectivity index (χ1) is 16.3. The molecule has 0 heterocycles. The van der Waals surface area contributed by atoms with Crippen molar-refractivity contribution in [3.63, 3.8) is 0 Å². The average molecular weight is 504 g/mol. The summed E-state index contributed by atoms with van der Waals surface area (Å²) in [6, 6.07) is -5.82. The number of hydrogen-bond acceptors (Lipinski definition) is 9. The molecule has 0 aliphatic carbocycles. The van der Waals surface area contributed by atoms with E-state index in [1.807, 2.05) is 0 Å². The second kappa shape index (κ2) is 15.8. The zero-order chi connectivity index (χ0) is 27.1. The van der Waals surface area contributed by atoms with Crippen molar-refractivity contribution < 1.29 is 39.0 Å². The molecule has 17 heteroatoms. The Kier molecular flexibility index (Phi) is 14.0. The van der Waals surface area contributed by atoms with Crippen LogP contribution in [0.2, 0.25) is 0 Å². The summed E-state index contributed by atoms with van der Waals surface area (Å²) in [5, 5.41) is 24.9. The van der Waals surface area contributed by atoms with E-state index in [1.54, 1.807) is 0 Å².